The molecule has 0 unspecified atom stereocenters. The van der Waals surface area contributed by atoms with Crippen LogP contribution in [0.2, 0.25) is 0 Å². The first-order valence-electron chi connectivity index (χ1n) is 7.75. The molecule has 3 rings (SSSR count). The largest absolute Gasteiger partial charge is 0.394 e. The third kappa shape index (κ3) is 2.73. The van der Waals surface area contributed by atoms with Crippen molar-refractivity contribution in [2.45, 2.75) is 32.7 Å². The number of aliphatic hydroxyl groups is 1. The highest BCUT2D eigenvalue weighted by molar-refractivity contribution is 7.29. The van der Waals surface area contributed by atoms with Gasteiger partial charge in [-0.25, -0.2) is 4.98 Å². The molecule has 0 spiro atoms. The number of hydrogen-bond donors (Lipinski definition) is 1. The van der Waals surface area contributed by atoms with Crippen molar-refractivity contribution in [1.29, 1.82) is 0 Å². The average molecular weight is 339 g/mol. The molecule has 3 heterocycles. The van der Waals surface area contributed by atoms with E-state index in [1.165, 1.54) is 11.3 Å². The average Bonchev–Trinajstić information content (AvgIpc) is 3.21. The SMILES string of the molecule is CCN(CC)c1nc2sc(C(=O)N3CCC[C@@H]3CO)cc2s1. The van der Waals surface area contributed by atoms with Crippen molar-refractivity contribution in [3.8, 4) is 0 Å². The maximum atomic E-state index is 12.6. The van der Waals surface area contributed by atoms with Gasteiger partial charge in [-0.05, 0) is 32.8 Å². The fraction of sp³-hybridized carbons (Fsp3) is 0.600. The molecule has 0 aliphatic carbocycles. The molecular weight excluding hydrogens is 318 g/mol. The predicted molar refractivity (Wildman–Crippen MR) is 92.2 cm³/mol. The standard InChI is InChI=1S/C15H21N3O2S2/c1-3-17(4-2)15-16-13-11(22-15)8-12(21-13)14(20)18-7-5-6-10(18)9-19/h8,10,19H,3-7,9H2,1-2H3/t10-/m1/s1. The summed E-state index contributed by atoms with van der Waals surface area (Å²) in [7, 11) is 0. The molecule has 1 amide bonds. The van der Waals surface area contributed by atoms with Gasteiger partial charge in [-0.1, -0.05) is 11.3 Å². The number of rotatable bonds is 5. The molecule has 0 saturated carbocycles. The first-order valence-corrected chi connectivity index (χ1v) is 9.38. The number of carbonyl (C=O) groups is 1. The van der Waals surface area contributed by atoms with E-state index < -0.39 is 0 Å². The monoisotopic (exact) mass is 339 g/mol. The smallest absolute Gasteiger partial charge is 0.264 e. The number of thiazole rings is 1. The van der Waals surface area contributed by atoms with Crippen LogP contribution in [0, 0.1) is 0 Å². The second-order valence-electron chi connectivity index (χ2n) is 5.43. The number of aromatic nitrogens is 1. The van der Waals surface area contributed by atoms with Crippen molar-refractivity contribution in [2.75, 3.05) is 31.1 Å². The van der Waals surface area contributed by atoms with Gasteiger partial charge >= 0.3 is 0 Å². The molecule has 0 aromatic carbocycles. The molecule has 1 N–H and O–H groups in total. The maximum absolute atomic E-state index is 12.6. The summed E-state index contributed by atoms with van der Waals surface area (Å²) in [5, 5.41) is 10.4. The Kier molecular flexibility index (Phi) is 4.65. The topological polar surface area (TPSA) is 56.7 Å². The Bertz CT molecular complexity index is 631. The van der Waals surface area contributed by atoms with E-state index in [2.05, 4.69) is 23.7 Å². The van der Waals surface area contributed by atoms with Crippen molar-refractivity contribution < 1.29 is 9.90 Å². The molecule has 0 bridgehead atoms. The highest BCUT2D eigenvalue weighted by atomic mass is 32.1. The second-order valence-corrected chi connectivity index (χ2v) is 7.47. The van der Waals surface area contributed by atoms with Crippen LogP contribution in [0.15, 0.2) is 6.07 Å². The van der Waals surface area contributed by atoms with Gasteiger partial charge in [-0.3, -0.25) is 4.79 Å². The number of amides is 1. The lowest BCUT2D eigenvalue weighted by molar-refractivity contribution is 0.0682. The Labute approximate surface area is 138 Å². The zero-order chi connectivity index (χ0) is 15.7. The van der Waals surface area contributed by atoms with Gasteiger partial charge in [0, 0.05) is 19.6 Å². The Balaban J connectivity index is 1.83. The molecule has 1 fully saturated rings. The maximum Gasteiger partial charge on any atom is 0.264 e. The zero-order valence-electron chi connectivity index (χ0n) is 12.9. The third-order valence-corrected chi connectivity index (χ3v) is 6.38. The normalized spacial score (nSPS) is 18.3. The molecule has 22 heavy (non-hydrogen) atoms. The zero-order valence-corrected chi connectivity index (χ0v) is 14.5. The number of nitrogens with zero attached hydrogens (tertiary/aromatic N) is 3. The molecule has 0 radical (unpaired) electrons. The summed E-state index contributed by atoms with van der Waals surface area (Å²) in [5.41, 5.74) is 0. The van der Waals surface area contributed by atoms with Gasteiger partial charge in [-0.2, -0.15) is 0 Å². The van der Waals surface area contributed by atoms with Gasteiger partial charge in [-0.15, -0.1) is 11.3 Å². The van der Waals surface area contributed by atoms with Crippen LogP contribution in [-0.4, -0.2) is 53.2 Å². The molecule has 5 nitrogen and oxygen atoms in total. The Hall–Kier alpha value is -1.18. The number of thiophene rings is 1. The summed E-state index contributed by atoms with van der Waals surface area (Å²) in [5.74, 6) is 0.0381. The number of hydrogen-bond acceptors (Lipinski definition) is 6. The van der Waals surface area contributed by atoms with Crippen LogP contribution < -0.4 is 4.90 Å². The number of aliphatic hydroxyl groups excluding tert-OH is 1. The molecule has 7 heteroatoms. The summed E-state index contributed by atoms with van der Waals surface area (Å²) >= 11 is 3.11. The number of carbonyl (C=O) groups excluding carboxylic acids is 1. The van der Waals surface area contributed by atoms with Crippen LogP contribution in [0.5, 0.6) is 0 Å². The van der Waals surface area contributed by atoms with E-state index in [1.54, 1.807) is 16.2 Å². The summed E-state index contributed by atoms with van der Waals surface area (Å²) in [6.45, 7) is 6.92. The Morgan fingerprint density at radius 1 is 1.45 bits per heavy atom. The molecule has 1 atom stereocenters. The lowest BCUT2D eigenvalue weighted by atomic mass is 10.2. The highest BCUT2D eigenvalue weighted by Crippen LogP contribution is 2.35. The number of fused-ring (bicyclic) bond motifs is 1. The first kappa shape index (κ1) is 15.7. The van der Waals surface area contributed by atoms with E-state index in [0.29, 0.717) is 0 Å². The summed E-state index contributed by atoms with van der Waals surface area (Å²) < 4.78 is 1.08. The Morgan fingerprint density at radius 2 is 2.23 bits per heavy atom. The minimum atomic E-state index is -0.0215. The van der Waals surface area contributed by atoms with Crippen molar-refractivity contribution in [2.24, 2.45) is 0 Å². The summed E-state index contributed by atoms with van der Waals surface area (Å²) in [6, 6.07) is 1.94. The summed E-state index contributed by atoms with van der Waals surface area (Å²) in [6.07, 6.45) is 1.87. The van der Waals surface area contributed by atoms with E-state index >= 15 is 0 Å². The third-order valence-electron chi connectivity index (χ3n) is 4.17. The van der Waals surface area contributed by atoms with Crippen LogP contribution in [0.4, 0.5) is 5.13 Å². The molecule has 1 aliphatic rings. The van der Waals surface area contributed by atoms with Crippen LogP contribution in [0.1, 0.15) is 36.4 Å². The van der Waals surface area contributed by atoms with Crippen molar-refractivity contribution in [1.82, 2.24) is 9.88 Å². The minimum absolute atomic E-state index is 0.0215. The van der Waals surface area contributed by atoms with E-state index in [1.807, 2.05) is 6.07 Å². The lowest BCUT2D eigenvalue weighted by Crippen LogP contribution is -2.37. The van der Waals surface area contributed by atoms with Crippen molar-refractivity contribution in [3.05, 3.63) is 10.9 Å². The fourth-order valence-corrected chi connectivity index (χ4v) is 5.19. The van der Waals surface area contributed by atoms with Crippen molar-refractivity contribution >= 4 is 43.2 Å². The highest BCUT2D eigenvalue weighted by Gasteiger charge is 2.30. The van der Waals surface area contributed by atoms with Gasteiger partial charge in [0.25, 0.3) is 5.91 Å². The molecule has 2 aromatic rings. The van der Waals surface area contributed by atoms with Crippen molar-refractivity contribution in [3.63, 3.8) is 0 Å². The summed E-state index contributed by atoms with van der Waals surface area (Å²) in [4.78, 5) is 23.0. The molecule has 1 aliphatic heterocycles. The molecule has 2 aromatic heterocycles. The molecular formula is C15H21N3O2S2. The predicted octanol–water partition coefficient (Wildman–Crippen LogP) is 2.80. The quantitative estimate of drug-likeness (QED) is 0.910. The number of likely N-dealkylation sites (tertiary alicyclic amines) is 1. The van der Waals surface area contributed by atoms with Crippen LogP contribution in [-0.2, 0) is 0 Å². The van der Waals surface area contributed by atoms with Gasteiger partial charge in [0.2, 0.25) is 0 Å². The van der Waals surface area contributed by atoms with E-state index in [0.717, 1.165) is 52.0 Å². The van der Waals surface area contributed by atoms with E-state index in [-0.39, 0.29) is 18.6 Å². The van der Waals surface area contributed by atoms with Gasteiger partial charge in [0.05, 0.1) is 22.2 Å². The van der Waals surface area contributed by atoms with Gasteiger partial charge < -0.3 is 14.9 Å². The lowest BCUT2D eigenvalue weighted by Gasteiger charge is -2.22. The number of anilines is 1. The fourth-order valence-electron chi connectivity index (χ4n) is 2.89. The van der Waals surface area contributed by atoms with Gasteiger partial charge in [0.1, 0.15) is 4.83 Å². The Morgan fingerprint density at radius 3 is 2.86 bits per heavy atom. The second kappa shape index (κ2) is 6.52. The van der Waals surface area contributed by atoms with E-state index in [9.17, 15) is 9.90 Å². The molecule has 120 valence electrons. The first-order chi connectivity index (χ1) is 10.7. The van der Waals surface area contributed by atoms with Crippen LogP contribution >= 0.6 is 22.7 Å². The van der Waals surface area contributed by atoms with Gasteiger partial charge in [0.15, 0.2) is 5.13 Å². The van der Waals surface area contributed by atoms with Crippen LogP contribution in [0.25, 0.3) is 9.53 Å². The molecule has 1 saturated heterocycles. The minimum Gasteiger partial charge on any atom is -0.394 e. The van der Waals surface area contributed by atoms with Crippen LogP contribution in [0.3, 0.4) is 0 Å². The van der Waals surface area contributed by atoms with E-state index in [4.69, 9.17) is 0 Å².